The molecule has 86 valence electrons. The van der Waals surface area contributed by atoms with Gasteiger partial charge in [-0.25, -0.2) is 5.43 Å². The predicted octanol–water partition coefficient (Wildman–Crippen LogP) is 1.65. The summed E-state index contributed by atoms with van der Waals surface area (Å²) in [5.74, 6) is 5.66. The van der Waals surface area contributed by atoms with Crippen molar-refractivity contribution in [2.75, 3.05) is 0 Å². The molecule has 0 aliphatic rings. The Morgan fingerprint density at radius 2 is 2.25 bits per heavy atom. The van der Waals surface area contributed by atoms with E-state index in [4.69, 9.17) is 5.84 Å². The van der Waals surface area contributed by atoms with E-state index >= 15 is 0 Å². The van der Waals surface area contributed by atoms with Gasteiger partial charge in [-0.05, 0) is 36.9 Å². The van der Waals surface area contributed by atoms with Crippen LogP contribution in [0.15, 0.2) is 17.5 Å². The quantitative estimate of drug-likeness (QED) is 0.629. The van der Waals surface area contributed by atoms with E-state index in [1.54, 1.807) is 11.3 Å². The van der Waals surface area contributed by atoms with Crippen LogP contribution in [0.5, 0.6) is 0 Å². The Kier molecular flexibility index (Phi) is 3.09. The highest BCUT2D eigenvalue weighted by Crippen LogP contribution is 2.27. The van der Waals surface area contributed by atoms with Crippen LogP contribution in [0.3, 0.4) is 0 Å². The first kappa shape index (κ1) is 11.3. The maximum Gasteiger partial charge on any atom is 0.0888 e. The maximum atomic E-state index is 5.66. The molecule has 2 heterocycles. The Balaban J connectivity index is 2.44. The zero-order valence-electron chi connectivity index (χ0n) is 9.69. The zero-order valence-corrected chi connectivity index (χ0v) is 10.5. The van der Waals surface area contributed by atoms with Gasteiger partial charge in [-0.1, -0.05) is 0 Å². The molecule has 1 unspecified atom stereocenters. The minimum Gasteiger partial charge on any atom is -0.271 e. The van der Waals surface area contributed by atoms with Gasteiger partial charge in [0.25, 0.3) is 0 Å². The largest absolute Gasteiger partial charge is 0.271 e. The van der Waals surface area contributed by atoms with Gasteiger partial charge in [-0.2, -0.15) is 5.10 Å². The zero-order chi connectivity index (χ0) is 11.7. The van der Waals surface area contributed by atoms with Gasteiger partial charge in [0, 0.05) is 11.9 Å². The molecule has 1 atom stereocenters. The van der Waals surface area contributed by atoms with E-state index in [2.05, 4.69) is 35.0 Å². The van der Waals surface area contributed by atoms with Crippen molar-refractivity contribution in [1.29, 1.82) is 0 Å². The van der Waals surface area contributed by atoms with Crippen LogP contribution >= 0.6 is 11.3 Å². The molecule has 0 saturated carbocycles. The van der Waals surface area contributed by atoms with Gasteiger partial charge in [-0.3, -0.25) is 10.5 Å². The Labute approximate surface area is 99.1 Å². The Bertz CT molecular complexity index is 486. The molecule has 5 heteroatoms. The van der Waals surface area contributed by atoms with Crippen molar-refractivity contribution in [1.82, 2.24) is 15.2 Å². The van der Waals surface area contributed by atoms with E-state index in [9.17, 15) is 0 Å². The van der Waals surface area contributed by atoms with Crippen LogP contribution in [0.2, 0.25) is 0 Å². The molecule has 2 aromatic heterocycles. The van der Waals surface area contributed by atoms with E-state index in [-0.39, 0.29) is 6.04 Å². The van der Waals surface area contributed by atoms with Crippen LogP contribution in [0.1, 0.15) is 27.9 Å². The summed E-state index contributed by atoms with van der Waals surface area (Å²) in [7, 11) is 1.94. The first-order valence-electron chi connectivity index (χ1n) is 5.14. The molecule has 2 aromatic rings. The van der Waals surface area contributed by atoms with Crippen molar-refractivity contribution in [3.05, 3.63) is 39.3 Å². The van der Waals surface area contributed by atoms with Crippen LogP contribution in [-0.4, -0.2) is 9.78 Å². The predicted molar refractivity (Wildman–Crippen MR) is 66.2 cm³/mol. The Morgan fingerprint density at radius 1 is 1.50 bits per heavy atom. The summed E-state index contributed by atoms with van der Waals surface area (Å²) >= 11 is 1.73. The standard InChI is InChI=1S/C11H16N4S/c1-7-6-10(15(3)14-7)11(13-12)9-4-5-16-8(9)2/h4-6,11,13H,12H2,1-3H3. The summed E-state index contributed by atoms with van der Waals surface area (Å²) in [6, 6.07) is 4.17. The van der Waals surface area contributed by atoms with Gasteiger partial charge in [-0.15, -0.1) is 11.3 Å². The van der Waals surface area contributed by atoms with Gasteiger partial charge < -0.3 is 0 Å². The number of nitrogens with two attached hydrogens (primary N) is 1. The number of nitrogens with one attached hydrogen (secondary N) is 1. The normalized spacial score (nSPS) is 13.0. The molecule has 0 spiro atoms. The first-order chi connectivity index (χ1) is 7.63. The summed E-state index contributed by atoms with van der Waals surface area (Å²) in [5, 5.41) is 6.43. The third-order valence-corrected chi connectivity index (χ3v) is 3.57. The van der Waals surface area contributed by atoms with E-state index in [0.717, 1.165) is 11.4 Å². The molecule has 3 N–H and O–H groups in total. The van der Waals surface area contributed by atoms with Crippen LogP contribution in [0, 0.1) is 13.8 Å². The lowest BCUT2D eigenvalue weighted by Gasteiger charge is -2.16. The van der Waals surface area contributed by atoms with Gasteiger partial charge in [0.05, 0.1) is 17.4 Å². The van der Waals surface area contributed by atoms with Crippen molar-refractivity contribution in [3.63, 3.8) is 0 Å². The smallest absolute Gasteiger partial charge is 0.0888 e. The molecule has 0 amide bonds. The molecular weight excluding hydrogens is 220 g/mol. The van der Waals surface area contributed by atoms with Gasteiger partial charge in [0.2, 0.25) is 0 Å². The molecule has 4 nitrogen and oxygen atoms in total. The van der Waals surface area contributed by atoms with E-state index < -0.39 is 0 Å². The van der Waals surface area contributed by atoms with E-state index in [0.29, 0.717) is 0 Å². The molecular formula is C11H16N4S. The molecule has 0 saturated heterocycles. The lowest BCUT2D eigenvalue weighted by Crippen LogP contribution is -2.30. The summed E-state index contributed by atoms with van der Waals surface area (Å²) in [6.07, 6.45) is 0. The van der Waals surface area contributed by atoms with Crippen molar-refractivity contribution < 1.29 is 0 Å². The second kappa shape index (κ2) is 4.37. The van der Waals surface area contributed by atoms with Crippen molar-refractivity contribution in [3.8, 4) is 0 Å². The molecule has 0 radical (unpaired) electrons. The third-order valence-electron chi connectivity index (χ3n) is 2.71. The number of rotatable bonds is 3. The van der Waals surface area contributed by atoms with Crippen LogP contribution in [-0.2, 0) is 7.05 Å². The average molecular weight is 236 g/mol. The molecule has 16 heavy (non-hydrogen) atoms. The fourth-order valence-corrected chi connectivity index (χ4v) is 2.67. The Hall–Kier alpha value is -1.17. The minimum atomic E-state index is 0.0115. The maximum absolute atomic E-state index is 5.66. The highest BCUT2D eigenvalue weighted by molar-refractivity contribution is 7.10. The number of hydrogen-bond acceptors (Lipinski definition) is 4. The first-order valence-corrected chi connectivity index (χ1v) is 6.02. The molecule has 0 bridgehead atoms. The summed E-state index contributed by atoms with van der Waals surface area (Å²) < 4.78 is 1.87. The lowest BCUT2D eigenvalue weighted by atomic mass is 10.1. The lowest BCUT2D eigenvalue weighted by molar-refractivity contribution is 0.574. The van der Waals surface area contributed by atoms with Crippen LogP contribution in [0.25, 0.3) is 0 Å². The minimum absolute atomic E-state index is 0.0115. The molecule has 0 aliphatic carbocycles. The van der Waals surface area contributed by atoms with Crippen LogP contribution in [0.4, 0.5) is 0 Å². The second-order valence-electron chi connectivity index (χ2n) is 3.87. The average Bonchev–Trinajstić information content (AvgIpc) is 2.77. The van der Waals surface area contributed by atoms with Gasteiger partial charge in [0.1, 0.15) is 0 Å². The third kappa shape index (κ3) is 1.89. The summed E-state index contributed by atoms with van der Waals surface area (Å²) in [5.41, 5.74) is 6.17. The number of hydrazine groups is 1. The van der Waals surface area contributed by atoms with Crippen LogP contribution < -0.4 is 11.3 Å². The molecule has 0 fully saturated rings. The van der Waals surface area contributed by atoms with Gasteiger partial charge >= 0.3 is 0 Å². The monoisotopic (exact) mass is 236 g/mol. The Morgan fingerprint density at radius 3 is 2.69 bits per heavy atom. The number of aromatic nitrogens is 2. The second-order valence-corrected chi connectivity index (χ2v) is 4.99. The van der Waals surface area contributed by atoms with Crippen molar-refractivity contribution in [2.24, 2.45) is 12.9 Å². The van der Waals surface area contributed by atoms with E-state index in [1.165, 1.54) is 10.4 Å². The SMILES string of the molecule is Cc1cc(C(NN)c2ccsc2C)n(C)n1. The van der Waals surface area contributed by atoms with E-state index in [1.807, 2.05) is 18.7 Å². The number of hydrogen-bond donors (Lipinski definition) is 2. The molecule has 2 rings (SSSR count). The molecule has 0 aromatic carbocycles. The summed E-state index contributed by atoms with van der Waals surface area (Å²) in [6.45, 7) is 4.09. The number of thiophene rings is 1. The summed E-state index contributed by atoms with van der Waals surface area (Å²) in [4.78, 5) is 1.28. The fourth-order valence-electron chi connectivity index (χ4n) is 1.93. The van der Waals surface area contributed by atoms with Gasteiger partial charge in [0.15, 0.2) is 0 Å². The highest BCUT2D eigenvalue weighted by Gasteiger charge is 2.19. The van der Waals surface area contributed by atoms with Crippen molar-refractivity contribution in [2.45, 2.75) is 19.9 Å². The van der Waals surface area contributed by atoms with Crippen molar-refractivity contribution >= 4 is 11.3 Å². The highest BCUT2D eigenvalue weighted by atomic mass is 32.1. The number of nitrogens with zero attached hydrogens (tertiary/aromatic N) is 2. The topological polar surface area (TPSA) is 55.9 Å². The number of aryl methyl sites for hydroxylation is 3. The molecule has 0 aliphatic heterocycles. The fraction of sp³-hybridized carbons (Fsp3) is 0.364.